The lowest BCUT2D eigenvalue weighted by atomic mass is 9.96. The smallest absolute Gasteiger partial charge is 0.258 e. The summed E-state index contributed by atoms with van der Waals surface area (Å²) in [7, 11) is 0. The second-order valence-electron chi connectivity index (χ2n) is 5.16. The van der Waals surface area contributed by atoms with Gasteiger partial charge >= 0.3 is 0 Å². The summed E-state index contributed by atoms with van der Waals surface area (Å²) < 4.78 is 0. The van der Waals surface area contributed by atoms with E-state index >= 15 is 0 Å². The van der Waals surface area contributed by atoms with Gasteiger partial charge in [0.1, 0.15) is 0 Å². The Kier molecular flexibility index (Phi) is 4.87. The van der Waals surface area contributed by atoms with Crippen LogP contribution in [0.3, 0.4) is 0 Å². The first kappa shape index (κ1) is 17.2. The molecule has 2 aromatic carbocycles. The lowest BCUT2D eigenvalue weighted by Gasteiger charge is -2.11. The van der Waals surface area contributed by atoms with Crippen LogP contribution in [-0.2, 0) is 6.42 Å². The molecule has 0 saturated carbocycles. The number of hydrogen-bond acceptors (Lipinski definition) is 4. The second kappa shape index (κ2) is 6.52. The molecule has 0 spiro atoms. The zero-order chi connectivity index (χ0) is 17.3. The minimum Gasteiger partial charge on any atom is -0.258 e. The Morgan fingerprint density at radius 2 is 1.48 bits per heavy atom. The van der Waals surface area contributed by atoms with Gasteiger partial charge in [0.15, 0.2) is 0 Å². The molecule has 0 heterocycles. The highest BCUT2D eigenvalue weighted by atomic mass is 35.5. The van der Waals surface area contributed by atoms with Crippen molar-refractivity contribution in [2.24, 2.45) is 0 Å². The number of hydrogen-bond donors (Lipinski definition) is 0. The number of benzene rings is 2. The van der Waals surface area contributed by atoms with Crippen LogP contribution in [0.25, 0.3) is 0 Å². The van der Waals surface area contributed by atoms with Crippen molar-refractivity contribution in [2.45, 2.75) is 20.3 Å². The van der Waals surface area contributed by atoms with E-state index in [1.54, 1.807) is 13.8 Å². The molecular formula is C15H12Cl2N2O4. The van der Waals surface area contributed by atoms with Gasteiger partial charge in [-0.2, -0.15) is 0 Å². The molecule has 0 aromatic heterocycles. The maximum absolute atomic E-state index is 11.3. The molecule has 0 bridgehead atoms. The Hall–Kier alpha value is -2.18. The average molecular weight is 355 g/mol. The Morgan fingerprint density at radius 3 is 1.96 bits per heavy atom. The first-order valence-electron chi connectivity index (χ1n) is 6.57. The summed E-state index contributed by atoms with van der Waals surface area (Å²) in [4.78, 5) is 21.0. The molecule has 0 fully saturated rings. The van der Waals surface area contributed by atoms with Crippen molar-refractivity contribution in [1.82, 2.24) is 0 Å². The van der Waals surface area contributed by atoms with Gasteiger partial charge in [0.25, 0.3) is 11.4 Å². The molecule has 0 amide bonds. The number of nitro groups is 2. The van der Waals surface area contributed by atoms with Crippen LogP contribution in [0.4, 0.5) is 11.4 Å². The Morgan fingerprint density at radius 1 is 0.913 bits per heavy atom. The topological polar surface area (TPSA) is 86.3 Å². The molecule has 0 N–H and O–H groups in total. The second-order valence-corrected chi connectivity index (χ2v) is 5.97. The number of nitro benzene ring substituents is 2. The van der Waals surface area contributed by atoms with Crippen molar-refractivity contribution in [2.75, 3.05) is 0 Å². The first-order valence-corrected chi connectivity index (χ1v) is 7.33. The van der Waals surface area contributed by atoms with Gasteiger partial charge in [0, 0.05) is 30.2 Å². The average Bonchev–Trinajstić information content (AvgIpc) is 2.43. The van der Waals surface area contributed by atoms with Crippen LogP contribution in [-0.4, -0.2) is 9.85 Å². The maximum Gasteiger partial charge on any atom is 0.273 e. The molecule has 2 aromatic rings. The standard InChI is InChI=1S/C15H12Cl2N2O4/c1-8-3-9(2)11(15(4-8)19(22)23)7-12-13(16)5-10(18(20)21)6-14(12)17/h3-6H,7H2,1-2H3. The minimum atomic E-state index is -0.596. The van der Waals surface area contributed by atoms with Crippen LogP contribution >= 0.6 is 23.2 Å². The van der Waals surface area contributed by atoms with E-state index in [1.807, 2.05) is 6.07 Å². The van der Waals surface area contributed by atoms with Crippen LogP contribution in [0.5, 0.6) is 0 Å². The van der Waals surface area contributed by atoms with E-state index in [9.17, 15) is 20.2 Å². The van der Waals surface area contributed by atoms with Gasteiger partial charge in [0.2, 0.25) is 0 Å². The van der Waals surface area contributed by atoms with Gasteiger partial charge in [-0.25, -0.2) is 0 Å². The van der Waals surface area contributed by atoms with Crippen molar-refractivity contribution >= 4 is 34.6 Å². The van der Waals surface area contributed by atoms with Crippen LogP contribution < -0.4 is 0 Å². The minimum absolute atomic E-state index is 0.0204. The fourth-order valence-electron chi connectivity index (χ4n) is 2.41. The fourth-order valence-corrected chi connectivity index (χ4v) is 3.02. The highest BCUT2D eigenvalue weighted by Crippen LogP contribution is 2.35. The summed E-state index contributed by atoms with van der Waals surface area (Å²) in [5.74, 6) is 0. The quantitative estimate of drug-likeness (QED) is 0.569. The molecule has 0 aliphatic rings. The molecule has 6 nitrogen and oxygen atoms in total. The van der Waals surface area contributed by atoms with E-state index in [0.717, 1.165) is 11.1 Å². The van der Waals surface area contributed by atoms with Gasteiger partial charge < -0.3 is 0 Å². The van der Waals surface area contributed by atoms with Crippen LogP contribution in [0, 0.1) is 34.1 Å². The lowest BCUT2D eigenvalue weighted by Crippen LogP contribution is -2.02. The van der Waals surface area contributed by atoms with Gasteiger partial charge in [-0.05, 0) is 30.5 Å². The zero-order valence-electron chi connectivity index (χ0n) is 12.3. The van der Waals surface area contributed by atoms with E-state index in [2.05, 4.69) is 0 Å². The molecule has 0 saturated heterocycles. The molecule has 0 atom stereocenters. The highest BCUT2D eigenvalue weighted by molar-refractivity contribution is 6.36. The van der Waals surface area contributed by atoms with Gasteiger partial charge in [-0.3, -0.25) is 20.2 Å². The van der Waals surface area contributed by atoms with E-state index in [1.165, 1.54) is 18.2 Å². The largest absolute Gasteiger partial charge is 0.273 e. The van der Waals surface area contributed by atoms with Crippen LogP contribution in [0.15, 0.2) is 24.3 Å². The Balaban J connectivity index is 2.56. The van der Waals surface area contributed by atoms with Gasteiger partial charge in [0.05, 0.1) is 19.9 Å². The molecule has 23 heavy (non-hydrogen) atoms. The van der Waals surface area contributed by atoms with Crippen molar-refractivity contribution < 1.29 is 9.85 Å². The monoisotopic (exact) mass is 354 g/mol. The van der Waals surface area contributed by atoms with E-state index in [0.29, 0.717) is 11.1 Å². The highest BCUT2D eigenvalue weighted by Gasteiger charge is 2.21. The molecule has 120 valence electrons. The predicted octanol–water partition coefficient (Wildman–Crippen LogP) is 5.02. The molecule has 0 aliphatic heterocycles. The fraction of sp³-hybridized carbons (Fsp3) is 0.200. The third kappa shape index (κ3) is 3.60. The summed E-state index contributed by atoms with van der Waals surface area (Å²) in [6.45, 7) is 3.54. The molecule has 0 radical (unpaired) electrons. The van der Waals surface area contributed by atoms with E-state index < -0.39 is 9.85 Å². The normalized spacial score (nSPS) is 10.6. The summed E-state index contributed by atoms with van der Waals surface area (Å²) in [6, 6.07) is 5.70. The maximum atomic E-state index is 11.3. The number of nitrogens with zero attached hydrogens (tertiary/aromatic N) is 2. The molecule has 2 rings (SSSR count). The summed E-state index contributed by atoms with van der Waals surface area (Å²) >= 11 is 12.2. The molecule has 0 aliphatic carbocycles. The van der Waals surface area contributed by atoms with E-state index in [-0.39, 0.29) is 27.8 Å². The van der Waals surface area contributed by atoms with E-state index in [4.69, 9.17) is 23.2 Å². The van der Waals surface area contributed by atoms with Crippen molar-refractivity contribution in [1.29, 1.82) is 0 Å². The van der Waals surface area contributed by atoms with Crippen LogP contribution in [0.2, 0.25) is 10.0 Å². The number of rotatable bonds is 4. The predicted molar refractivity (Wildman–Crippen MR) is 88.5 cm³/mol. The first-order chi connectivity index (χ1) is 10.7. The molecular weight excluding hydrogens is 343 g/mol. The SMILES string of the molecule is Cc1cc(C)c(Cc2c(Cl)cc([N+](=O)[O-])cc2Cl)c([N+](=O)[O-])c1. The van der Waals surface area contributed by atoms with Crippen LogP contribution in [0.1, 0.15) is 22.3 Å². The van der Waals surface area contributed by atoms with Crippen molar-refractivity contribution in [3.05, 3.63) is 76.8 Å². The summed E-state index contributed by atoms with van der Waals surface area (Å²) in [5, 5.41) is 22.3. The summed E-state index contributed by atoms with van der Waals surface area (Å²) in [6.07, 6.45) is 0.123. The van der Waals surface area contributed by atoms with Crippen molar-refractivity contribution in [3.8, 4) is 0 Å². The zero-order valence-corrected chi connectivity index (χ0v) is 13.8. The third-order valence-corrected chi connectivity index (χ3v) is 4.16. The third-order valence-electron chi connectivity index (χ3n) is 3.48. The van der Waals surface area contributed by atoms with Gasteiger partial charge in [-0.15, -0.1) is 0 Å². The van der Waals surface area contributed by atoms with Crippen molar-refractivity contribution in [3.63, 3.8) is 0 Å². The number of non-ortho nitro benzene ring substituents is 1. The number of aryl methyl sites for hydroxylation is 2. The summed E-state index contributed by atoms with van der Waals surface area (Å²) in [5.41, 5.74) is 2.18. The Labute approximate surface area is 141 Å². The Bertz CT molecular complexity index is 798. The molecule has 8 heteroatoms. The van der Waals surface area contributed by atoms with Gasteiger partial charge in [-0.1, -0.05) is 29.3 Å². The lowest BCUT2D eigenvalue weighted by molar-refractivity contribution is -0.385. The number of halogens is 2. The molecule has 0 unspecified atom stereocenters.